The summed E-state index contributed by atoms with van der Waals surface area (Å²) in [7, 11) is 2.12. The van der Waals surface area contributed by atoms with E-state index in [1.807, 2.05) is 24.3 Å². The summed E-state index contributed by atoms with van der Waals surface area (Å²) in [4.78, 5) is 13.1. The van der Waals surface area contributed by atoms with Gasteiger partial charge >= 0.3 is 5.97 Å². The number of carboxylic acids is 1. The lowest BCUT2D eigenvalue weighted by Gasteiger charge is -2.30. The van der Waals surface area contributed by atoms with Crippen LogP contribution in [0.25, 0.3) is 0 Å². The number of benzene rings is 1. The van der Waals surface area contributed by atoms with Gasteiger partial charge in [0.2, 0.25) is 0 Å². The first-order valence-corrected chi connectivity index (χ1v) is 7.21. The molecule has 0 aliphatic carbocycles. The Morgan fingerprint density at radius 3 is 2.75 bits per heavy atom. The van der Waals surface area contributed by atoms with Crippen molar-refractivity contribution in [3.63, 3.8) is 0 Å². The molecule has 2 unspecified atom stereocenters. The molecule has 0 radical (unpaired) electrons. The number of likely N-dealkylation sites (tertiary alicyclic amines) is 1. The third kappa shape index (κ3) is 4.23. The number of nitrogens with zero attached hydrogens (tertiary/aromatic N) is 1. The van der Waals surface area contributed by atoms with Crippen LogP contribution in [0.3, 0.4) is 0 Å². The predicted molar refractivity (Wildman–Crippen MR) is 78.1 cm³/mol. The molecule has 1 aromatic rings. The second-order valence-electron chi connectivity index (χ2n) is 5.73. The van der Waals surface area contributed by atoms with E-state index < -0.39 is 5.97 Å². The van der Waals surface area contributed by atoms with E-state index in [4.69, 9.17) is 9.84 Å². The summed E-state index contributed by atoms with van der Waals surface area (Å²) in [5.74, 6) is -0.235. The molecule has 4 heteroatoms. The zero-order chi connectivity index (χ0) is 14.5. The van der Waals surface area contributed by atoms with Crippen LogP contribution in [0.1, 0.15) is 25.3 Å². The monoisotopic (exact) mass is 277 g/mol. The summed E-state index contributed by atoms with van der Waals surface area (Å²) in [6, 6.07) is 7.81. The Bertz CT molecular complexity index is 444. The van der Waals surface area contributed by atoms with Crippen LogP contribution in [0.5, 0.6) is 5.75 Å². The van der Waals surface area contributed by atoms with Crippen molar-refractivity contribution in [2.75, 3.05) is 20.1 Å². The fraction of sp³-hybridized carbons (Fsp3) is 0.562. The molecule has 1 heterocycles. The van der Waals surface area contributed by atoms with Crippen molar-refractivity contribution >= 4 is 5.97 Å². The Kier molecular flexibility index (Phi) is 5.01. The van der Waals surface area contributed by atoms with Gasteiger partial charge in [-0.2, -0.15) is 0 Å². The van der Waals surface area contributed by atoms with E-state index in [0.29, 0.717) is 6.42 Å². The molecular weight excluding hydrogens is 254 g/mol. The maximum atomic E-state index is 10.8. The van der Waals surface area contributed by atoms with E-state index in [1.165, 1.54) is 6.42 Å². The first kappa shape index (κ1) is 14.9. The Hall–Kier alpha value is -1.55. The molecule has 2 rings (SSSR count). The van der Waals surface area contributed by atoms with Crippen molar-refractivity contribution in [1.82, 2.24) is 4.90 Å². The third-order valence-electron chi connectivity index (χ3n) is 3.77. The van der Waals surface area contributed by atoms with Crippen LogP contribution >= 0.6 is 0 Å². The standard InChI is InChI=1S/C16H23NO3/c1-12(16(18)19)10-13-5-7-14(8-6-13)20-15-4-3-9-17(2)11-15/h5-8,12,15H,3-4,9-11H2,1-2H3,(H,18,19). The molecule has 110 valence electrons. The van der Waals surface area contributed by atoms with E-state index in [9.17, 15) is 4.79 Å². The molecule has 0 bridgehead atoms. The molecule has 0 amide bonds. The average Bonchev–Trinajstić information content (AvgIpc) is 2.41. The highest BCUT2D eigenvalue weighted by molar-refractivity contribution is 5.69. The normalized spacial score (nSPS) is 21.4. The maximum absolute atomic E-state index is 10.8. The molecule has 1 N–H and O–H groups in total. The SMILES string of the molecule is CC(Cc1ccc(OC2CCCN(C)C2)cc1)C(=O)O. The number of aliphatic carboxylic acids is 1. The topological polar surface area (TPSA) is 49.8 Å². The smallest absolute Gasteiger partial charge is 0.306 e. The second-order valence-corrected chi connectivity index (χ2v) is 5.73. The van der Waals surface area contributed by atoms with Gasteiger partial charge in [-0.1, -0.05) is 19.1 Å². The van der Waals surface area contributed by atoms with Crippen LogP contribution in [0.15, 0.2) is 24.3 Å². The first-order valence-electron chi connectivity index (χ1n) is 7.21. The van der Waals surface area contributed by atoms with Gasteiger partial charge in [-0.05, 0) is 50.6 Å². The summed E-state index contributed by atoms with van der Waals surface area (Å²) in [6.07, 6.45) is 3.09. The van der Waals surface area contributed by atoms with Crippen molar-refractivity contribution in [2.24, 2.45) is 5.92 Å². The minimum Gasteiger partial charge on any atom is -0.489 e. The van der Waals surface area contributed by atoms with Crippen molar-refractivity contribution in [2.45, 2.75) is 32.3 Å². The number of rotatable bonds is 5. The van der Waals surface area contributed by atoms with Gasteiger partial charge in [0.1, 0.15) is 11.9 Å². The van der Waals surface area contributed by atoms with Gasteiger partial charge in [-0.15, -0.1) is 0 Å². The Balaban J connectivity index is 1.89. The lowest BCUT2D eigenvalue weighted by molar-refractivity contribution is -0.141. The molecule has 1 saturated heterocycles. The summed E-state index contributed by atoms with van der Waals surface area (Å²) in [6.45, 7) is 3.84. The van der Waals surface area contributed by atoms with Crippen LogP contribution in [0.2, 0.25) is 0 Å². The number of carbonyl (C=O) groups is 1. The third-order valence-corrected chi connectivity index (χ3v) is 3.77. The molecule has 1 fully saturated rings. The molecule has 20 heavy (non-hydrogen) atoms. The van der Waals surface area contributed by atoms with Gasteiger partial charge in [0.05, 0.1) is 5.92 Å². The Labute approximate surface area is 120 Å². The van der Waals surface area contributed by atoms with Gasteiger partial charge in [0.25, 0.3) is 0 Å². The minimum absolute atomic E-state index is 0.262. The number of hydrogen-bond donors (Lipinski definition) is 1. The lowest BCUT2D eigenvalue weighted by atomic mass is 10.0. The van der Waals surface area contributed by atoms with Crippen molar-refractivity contribution in [1.29, 1.82) is 0 Å². The Morgan fingerprint density at radius 1 is 1.45 bits per heavy atom. The van der Waals surface area contributed by atoms with Crippen LogP contribution in [0, 0.1) is 5.92 Å². The number of likely N-dealkylation sites (N-methyl/N-ethyl adjacent to an activating group) is 1. The van der Waals surface area contributed by atoms with Gasteiger partial charge in [0, 0.05) is 6.54 Å². The van der Waals surface area contributed by atoms with Gasteiger partial charge in [-0.3, -0.25) is 4.79 Å². The van der Waals surface area contributed by atoms with Crippen molar-refractivity contribution in [3.05, 3.63) is 29.8 Å². The van der Waals surface area contributed by atoms with Crippen LogP contribution in [0.4, 0.5) is 0 Å². The zero-order valence-corrected chi connectivity index (χ0v) is 12.2. The second kappa shape index (κ2) is 6.75. The summed E-state index contributed by atoms with van der Waals surface area (Å²) < 4.78 is 5.98. The lowest BCUT2D eigenvalue weighted by Crippen LogP contribution is -2.38. The highest BCUT2D eigenvalue weighted by Crippen LogP contribution is 2.19. The molecular formula is C16H23NO3. The fourth-order valence-electron chi connectivity index (χ4n) is 2.55. The highest BCUT2D eigenvalue weighted by Gasteiger charge is 2.18. The quantitative estimate of drug-likeness (QED) is 0.898. The zero-order valence-electron chi connectivity index (χ0n) is 12.2. The minimum atomic E-state index is -0.754. The molecule has 0 spiro atoms. The van der Waals surface area contributed by atoms with Crippen molar-refractivity contribution < 1.29 is 14.6 Å². The first-order chi connectivity index (χ1) is 9.54. The van der Waals surface area contributed by atoms with Crippen LogP contribution in [-0.2, 0) is 11.2 Å². The van der Waals surface area contributed by atoms with E-state index in [-0.39, 0.29) is 12.0 Å². The molecule has 0 saturated carbocycles. The van der Waals surface area contributed by atoms with Crippen LogP contribution in [-0.4, -0.2) is 42.2 Å². The molecule has 4 nitrogen and oxygen atoms in total. The number of piperidine rings is 1. The average molecular weight is 277 g/mol. The number of hydrogen-bond acceptors (Lipinski definition) is 3. The van der Waals surface area contributed by atoms with Crippen molar-refractivity contribution in [3.8, 4) is 5.75 Å². The number of ether oxygens (including phenoxy) is 1. The van der Waals surface area contributed by atoms with Crippen LogP contribution < -0.4 is 4.74 Å². The summed E-state index contributed by atoms with van der Waals surface area (Å²) in [5, 5.41) is 8.91. The largest absolute Gasteiger partial charge is 0.489 e. The van der Waals surface area contributed by atoms with Gasteiger partial charge in [0.15, 0.2) is 0 Å². The summed E-state index contributed by atoms with van der Waals surface area (Å²) in [5.41, 5.74) is 1.04. The van der Waals surface area contributed by atoms with E-state index in [0.717, 1.165) is 30.8 Å². The summed E-state index contributed by atoms with van der Waals surface area (Å²) >= 11 is 0. The van der Waals surface area contributed by atoms with E-state index in [2.05, 4.69) is 11.9 Å². The predicted octanol–water partition coefficient (Wildman–Crippen LogP) is 2.42. The molecule has 1 aliphatic rings. The number of carboxylic acid groups (broad SMARTS) is 1. The molecule has 1 aromatic carbocycles. The van der Waals surface area contributed by atoms with E-state index >= 15 is 0 Å². The highest BCUT2D eigenvalue weighted by atomic mass is 16.5. The molecule has 2 atom stereocenters. The van der Waals surface area contributed by atoms with Gasteiger partial charge in [-0.25, -0.2) is 0 Å². The maximum Gasteiger partial charge on any atom is 0.306 e. The van der Waals surface area contributed by atoms with E-state index in [1.54, 1.807) is 6.92 Å². The molecule has 1 aliphatic heterocycles. The fourth-order valence-corrected chi connectivity index (χ4v) is 2.55. The van der Waals surface area contributed by atoms with Gasteiger partial charge < -0.3 is 14.7 Å². The Morgan fingerprint density at radius 2 is 2.15 bits per heavy atom. The molecule has 0 aromatic heterocycles.